The molecule has 2 aromatic rings. The minimum atomic E-state index is -0.552. The number of imidazole rings is 1. The molecule has 0 saturated heterocycles. The van der Waals surface area contributed by atoms with E-state index >= 15 is 0 Å². The molecule has 1 amide bonds. The third-order valence-corrected chi connectivity index (χ3v) is 3.63. The van der Waals surface area contributed by atoms with Crippen molar-refractivity contribution in [3.05, 3.63) is 22.7 Å². The van der Waals surface area contributed by atoms with Gasteiger partial charge in [-0.3, -0.25) is 4.79 Å². The van der Waals surface area contributed by atoms with Crippen LogP contribution in [0.5, 0.6) is 0 Å². The summed E-state index contributed by atoms with van der Waals surface area (Å²) in [6.07, 6.45) is 0. The first kappa shape index (κ1) is 13.9. The number of carbonyl (C=O) groups is 1. The van der Waals surface area contributed by atoms with Gasteiger partial charge in [0.05, 0.1) is 16.4 Å². The fraction of sp³-hybridized carbons (Fsp3) is 0.385. The van der Waals surface area contributed by atoms with Crippen molar-refractivity contribution < 1.29 is 4.79 Å². The summed E-state index contributed by atoms with van der Waals surface area (Å²) in [6.45, 7) is 4.25. The number of anilines is 1. The first-order chi connectivity index (χ1) is 8.85. The Morgan fingerprint density at radius 2 is 2.21 bits per heavy atom. The molecule has 2 rings (SSSR count). The van der Waals surface area contributed by atoms with Gasteiger partial charge in [-0.15, -0.1) is 0 Å². The van der Waals surface area contributed by atoms with E-state index in [1.54, 1.807) is 7.05 Å². The maximum Gasteiger partial charge on any atom is 0.227 e. The van der Waals surface area contributed by atoms with Crippen LogP contribution in [0.2, 0.25) is 0 Å². The fourth-order valence-electron chi connectivity index (χ4n) is 2.09. The molecule has 0 aliphatic carbocycles. The largest absolute Gasteiger partial charge is 0.369 e. The second-order valence-electron chi connectivity index (χ2n) is 5.15. The van der Waals surface area contributed by atoms with Crippen LogP contribution >= 0.6 is 15.9 Å². The number of hydrogen-bond acceptors (Lipinski definition) is 3. The average Bonchev–Trinajstić information content (AvgIpc) is 2.63. The Kier molecular flexibility index (Phi) is 3.54. The van der Waals surface area contributed by atoms with Crippen LogP contribution in [0, 0.1) is 5.41 Å². The number of benzene rings is 1. The number of nitrogens with zero attached hydrogens (tertiary/aromatic N) is 2. The van der Waals surface area contributed by atoms with E-state index in [-0.39, 0.29) is 5.91 Å². The molecule has 0 aliphatic rings. The molecule has 0 fully saturated rings. The molecular weight excluding hydrogens is 308 g/mol. The molecule has 0 saturated carbocycles. The Morgan fingerprint density at radius 3 is 2.84 bits per heavy atom. The number of carbonyl (C=O) groups excluding carboxylic acids is 1. The third-order valence-electron chi connectivity index (χ3n) is 3.13. The summed E-state index contributed by atoms with van der Waals surface area (Å²) >= 11 is 3.41. The standard InChI is InChI=1S/C13H17BrN4O/c1-13(2,11(19)16-3)7-18-10-5-4-8(14)6-9(10)17-12(18)15/h4-6H,7H2,1-3H3,(H2,15,17)(H,16,19). The lowest BCUT2D eigenvalue weighted by molar-refractivity contribution is -0.129. The van der Waals surface area contributed by atoms with E-state index < -0.39 is 5.41 Å². The van der Waals surface area contributed by atoms with Crippen molar-refractivity contribution in [2.75, 3.05) is 12.8 Å². The van der Waals surface area contributed by atoms with Crippen molar-refractivity contribution >= 4 is 38.8 Å². The van der Waals surface area contributed by atoms with Gasteiger partial charge in [0.2, 0.25) is 11.9 Å². The Hall–Kier alpha value is -1.56. The highest BCUT2D eigenvalue weighted by Crippen LogP contribution is 2.26. The monoisotopic (exact) mass is 324 g/mol. The molecule has 0 aliphatic heterocycles. The Bertz CT molecular complexity index is 633. The summed E-state index contributed by atoms with van der Waals surface area (Å²) in [5, 5.41) is 2.67. The van der Waals surface area contributed by atoms with Gasteiger partial charge in [0.25, 0.3) is 0 Å². The van der Waals surface area contributed by atoms with Crippen molar-refractivity contribution in [1.29, 1.82) is 0 Å². The lowest BCUT2D eigenvalue weighted by Crippen LogP contribution is -2.37. The van der Waals surface area contributed by atoms with Crippen LogP contribution in [-0.2, 0) is 11.3 Å². The number of hydrogen-bond donors (Lipinski definition) is 2. The molecule has 1 aromatic carbocycles. The lowest BCUT2D eigenvalue weighted by atomic mass is 9.92. The topological polar surface area (TPSA) is 72.9 Å². The van der Waals surface area contributed by atoms with Gasteiger partial charge in [-0.2, -0.15) is 0 Å². The highest BCUT2D eigenvalue weighted by Gasteiger charge is 2.28. The maximum absolute atomic E-state index is 11.9. The van der Waals surface area contributed by atoms with Crippen molar-refractivity contribution in [1.82, 2.24) is 14.9 Å². The zero-order valence-corrected chi connectivity index (χ0v) is 12.8. The predicted octanol–water partition coefficient (Wildman–Crippen LogP) is 2.15. The Balaban J connectivity index is 2.46. The average molecular weight is 325 g/mol. The minimum absolute atomic E-state index is 0.0224. The Labute approximate surface area is 120 Å². The van der Waals surface area contributed by atoms with Crippen LogP contribution < -0.4 is 11.1 Å². The highest BCUT2D eigenvalue weighted by atomic mass is 79.9. The van der Waals surface area contributed by atoms with Crippen molar-refractivity contribution in [3.8, 4) is 0 Å². The van der Waals surface area contributed by atoms with Crippen LogP contribution in [-0.4, -0.2) is 22.5 Å². The number of rotatable bonds is 3. The molecule has 19 heavy (non-hydrogen) atoms. The molecular formula is C13H17BrN4O. The van der Waals surface area contributed by atoms with Crippen molar-refractivity contribution in [3.63, 3.8) is 0 Å². The summed E-state index contributed by atoms with van der Waals surface area (Å²) in [5.41, 5.74) is 7.15. The number of fused-ring (bicyclic) bond motifs is 1. The molecule has 0 spiro atoms. The summed E-state index contributed by atoms with van der Waals surface area (Å²) in [5.74, 6) is 0.399. The molecule has 1 aromatic heterocycles. The zero-order valence-electron chi connectivity index (χ0n) is 11.2. The van der Waals surface area contributed by atoms with E-state index in [9.17, 15) is 4.79 Å². The number of halogens is 1. The molecule has 3 N–H and O–H groups in total. The smallest absolute Gasteiger partial charge is 0.227 e. The second-order valence-corrected chi connectivity index (χ2v) is 6.07. The van der Waals surface area contributed by atoms with Crippen LogP contribution in [0.15, 0.2) is 22.7 Å². The molecule has 0 radical (unpaired) electrons. The second kappa shape index (κ2) is 4.85. The molecule has 5 nitrogen and oxygen atoms in total. The summed E-state index contributed by atoms with van der Waals surface area (Å²) in [7, 11) is 1.64. The SMILES string of the molecule is CNC(=O)C(C)(C)Cn1c(N)nc2cc(Br)ccc21. The van der Waals surface area contributed by atoms with Crippen molar-refractivity contribution in [2.24, 2.45) is 5.41 Å². The van der Waals surface area contributed by atoms with E-state index in [2.05, 4.69) is 26.2 Å². The number of nitrogens with two attached hydrogens (primary N) is 1. The normalized spacial score (nSPS) is 11.8. The number of nitrogen functional groups attached to an aromatic ring is 1. The summed E-state index contributed by atoms with van der Waals surface area (Å²) in [4.78, 5) is 16.2. The van der Waals surface area contributed by atoms with Crippen LogP contribution in [0.25, 0.3) is 11.0 Å². The van der Waals surface area contributed by atoms with E-state index in [4.69, 9.17) is 5.73 Å². The highest BCUT2D eigenvalue weighted by molar-refractivity contribution is 9.10. The van der Waals surface area contributed by atoms with Gasteiger partial charge >= 0.3 is 0 Å². The van der Waals surface area contributed by atoms with Crippen molar-refractivity contribution in [2.45, 2.75) is 20.4 Å². The fourth-order valence-corrected chi connectivity index (χ4v) is 2.44. The first-order valence-corrected chi connectivity index (χ1v) is 6.78. The number of nitrogens with one attached hydrogen (secondary N) is 1. The molecule has 102 valence electrons. The molecule has 1 heterocycles. The molecule has 0 atom stereocenters. The molecule has 0 bridgehead atoms. The van der Waals surface area contributed by atoms with Crippen LogP contribution in [0.1, 0.15) is 13.8 Å². The predicted molar refractivity (Wildman–Crippen MR) is 79.7 cm³/mol. The lowest BCUT2D eigenvalue weighted by Gasteiger charge is -2.23. The van der Waals surface area contributed by atoms with Gasteiger partial charge in [-0.25, -0.2) is 4.98 Å². The first-order valence-electron chi connectivity index (χ1n) is 5.98. The van der Waals surface area contributed by atoms with Gasteiger partial charge in [0.1, 0.15) is 0 Å². The third kappa shape index (κ3) is 2.58. The van der Waals surface area contributed by atoms with Gasteiger partial charge in [0.15, 0.2) is 0 Å². The molecule has 6 heteroatoms. The molecule has 0 unspecified atom stereocenters. The van der Waals surface area contributed by atoms with E-state index in [0.717, 1.165) is 15.5 Å². The summed E-state index contributed by atoms with van der Waals surface area (Å²) < 4.78 is 2.83. The minimum Gasteiger partial charge on any atom is -0.369 e. The van der Waals surface area contributed by atoms with Crippen LogP contribution in [0.3, 0.4) is 0 Å². The van der Waals surface area contributed by atoms with E-state index in [1.165, 1.54) is 0 Å². The van der Waals surface area contributed by atoms with E-state index in [1.807, 2.05) is 36.6 Å². The van der Waals surface area contributed by atoms with Gasteiger partial charge in [0, 0.05) is 18.1 Å². The van der Waals surface area contributed by atoms with E-state index in [0.29, 0.717) is 12.5 Å². The zero-order chi connectivity index (χ0) is 14.2. The number of aromatic nitrogens is 2. The summed E-state index contributed by atoms with van der Waals surface area (Å²) in [6, 6.07) is 5.80. The van der Waals surface area contributed by atoms with Crippen LogP contribution in [0.4, 0.5) is 5.95 Å². The Morgan fingerprint density at radius 1 is 1.53 bits per heavy atom. The number of amides is 1. The van der Waals surface area contributed by atoms with Gasteiger partial charge in [-0.1, -0.05) is 15.9 Å². The van der Waals surface area contributed by atoms with Gasteiger partial charge < -0.3 is 15.6 Å². The maximum atomic E-state index is 11.9. The van der Waals surface area contributed by atoms with Gasteiger partial charge in [-0.05, 0) is 32.0 Å². The quantitative estimate of drug-likeness (QED) is 0.908.